The van der Waals surface area contributed by atoms with Crippen LogP contribution >= 0.6 is 11.3 Å². The normalized spacial score (nSPS) is 13.1. The first-order chi connectivity index (χ1) is 9.84. The van der Waals surface area contributed by atoms with Crippen LogP contribution in [-0.4, -0.2) is 14.5 Å². The molecule has 0 aromatic carbocycles. The fourth-order valence-corrected chi connectivity index (χ4v) is 4.39. The molecule has 0 saturated heterocycles. The predicted octanol–water partition coefficient (Wildman–Crippen LogP) is 2.50. The van der Waals surface area contributed by atoms with Gasteiger partial charge in [-0.3, -0.25) is 4.98 Å². The molecule has 0 aliphatic carbocycles. The summed E-state index contributed by atoms with van der Waals surface area (Å²) >= 11 is 1.83. The Kier molecular flexibility index (Phi) is 1.80. The van der Waals surface area contributed by atoms with E-state index in [4.69, 9.17) is 0 Å². The Bertz CT molecular complexity index is 996. The fraction of sp³-hybridized carbons (Fsp3) is 0.133. The van der Waals surface area contributed by atoms with E-state index in [0.717, 1.165) is 12.2 Å². The molecule has 0 spiro atoms. The Morgan fingerprint density at radius 2 is 2.05 bits per heavy atom. The van der Waals surface area contributed by atoms with Crippen molar-refractivity contribution in [3.8, 4) is 10.6 Å². The highest BCUT2D eigenvalue weighted by Gasteiger charge is 2.35. The molecule has 0 unspecified atom stereocenters. The molecule has 4 aromatic heterocycles. The summed E-state index contributed by atoms with van der Waals surface area (Å²) in [5, 5.41) is 2.53. The van der Waals surface area contributed by atoms with Crippen molar-refractivity contribution < 1.29 is 4.57 Å². The van der Waals surface area contributed by atoms with Gasteiger partial charge in [0.2, 0.25) is 0 Å². The molecule has 0 N–H and O–H groups in total. The van der Waals surface area contributed by atoms with E-state index in [1.807, 2.05) is 35.9 Å². The number of thiazole rings is 1. The Morgan fingerprint density at radius 3 is 3.00 bits per heavy atom. The molecule has 4 nitrogen and oxygen atoms in total. The van der Waals surface area contributed by atoms with Gasteiger partial charge in [-0.25, -0.2) is 4.98 Å². The largest absolute Gasteiger partial charge is 0.315 e. The number of nitrogens with zero attached hydrogens (tertiary/aromatic N) is 4. The van der Waals surface area contributed by atoms with Crippen molar-refractivity contribution in [3.05, 3.63) is 42.4 Å². The minimum atomic E-state index is 0.861. The Balaban J connectivity index is 1.97. The fourth-order valence-electron chi connectivity index (χ4n) is 3.10. The van der Waals surface area contributed by atoms with E-state index in [1.165, 1.54) is 32.0 Å². The SMILES string of the molecule is Cn1c2ncccc2c2c1sc1[n+]2Cc2ncccc2-1. The second-order valence-corrected chi connectivity index (χ2v) is 6.06. The molecule has 5 heterocycles. The summed E-state index contributed by atoms with van der Waals surface area (Å²) in [7, 11) is 2.09. The van der Waals surface area contributed by atoms with Gasteiger partial charge in [0.1, 0.15) is 11.3 Å². The molecule has 1 aliphatic heterocycles. The number of fused-ring (bicyclic) bond motifs is 7. The number of aryl methyl sites for hydroxylation is 1. The Hall–Kier alpha value is -2.27. The van der Waals surface area contributed by atoms with E-state index in [-0.39, 0.29) is 0 Å². The number of rotatable bonds is 0. The highest BCUT2D eigenvalue weighted by molar-refractivity contribution is 7.21. The first-order valence-corrected chi connectivity index (χ1v) is 7.36. The number of aromatic nitrogens is 4. The van der Waals surface area contributed by atoms with Crippen LogP contribution in [0.3, 0.4) is 0 Å². The first kappa shape index (κ1) is 10.5. The van der Waals surface area contributed by atoms with Crippen LogP contribution in [0.1, 0.15) is 5.69 Å². The van der Waals surface area contributed by atoms with Crippen molar-refractivity contribution in [2.45, 2.75) is 6.54 Å². The summed E-state index contributed by atoms with van der Waals surface area (Å²) < 4.78 is 4.57. The Morgan fingerprint density at radius 1 is 1.20 bits per heavy atom. The molecule has 0 atom stereocenters. The van der Waals surface area contributed by atoms with Gasteiger partial charge in [-0.2, -0.15) is 4.57 Å². The summed E-state index contributed by atoms with van der Waals surface area (Å²) in [6, 6.07) is 8.34. The molecule has 20 heavy (non-hydrogen) atoms. The maximum Gasteiger partial charge on any atom is 0.274 e. The molecule has 5 heteroatoms. The highest BCUT2D eigenvalue weighted by Crippen LogP contribution is 2.37. The standard InChI is InChI=1S/C15H11N4S/c1-18-13-10(5-3-7-17-13)12-15(18)20-14-9-4-2-6-16-11(9)8-19(12)14/h2-7H,8H2,1H3/q+1. The minimum Gasteiger partial charge on any atom is -0.315 e. The molecule has 0 amide bonds. The zero-order chi connectivity index (χ0) is 13.3. The topological polar surface area (TPSA) is 34.6 Å². The minimum absolute atomic E-state index is 0.861. The van der Waals surface area contributed by atoms with E-state index in [1.54, 1.807) is 0 Å². The van der Waals surface area contributed by atoms with Gasteiger partial charge in [-0.15, -0.1) is 0 Å². The van der Waals surface area contributed by atoms with Crippen molar-refractivity contribution in [2.24, 2.45) is 7.05 Å². The molecule has 0 bridgehead atoms. The lowest BCUT2D eigenvalue weighted by atomic mass is 10.2. The zero-order valence-electron chi connectivity index (χ0n) is 10.9. The maximum atomic E-state index is 4.51. The third-order valence-corrected chi connectivity index (χ3v) is 5.30. The van der Waals surface area contributed by atoms with Crippen LogP contribution in [0, 0.1) is 0 Å². The van der Waals surface area contributed by atoms with E-state index in [9.17, 15) is 0 Å². The average molecular weight is 279 g/mol. The van der Waals surface area contributed by atoms with Crippen LogP contribution in [-0.2, 0) is 13.6 Å². The van der Waals surface area contributed by atoms with Gasteiger partial charge >= 0.3 is 0 Å². The molecule has 0 fully saturated rings. The van der Waals surface area contributed by atoms with E-state index in [0.29, 0.717) is 0 Å². The van der Waals surface area contributed by atoms with Crippen LogP contribution in [0.2, 0.25) is 0 Å². The van der Waals surface area contributed by atoms with Crippen LogP contribution in [0.4, 0.5) is 0 Å². The van der Waals surface area contributed by atoms with Crippen LogP contribution in [0.5, 0.6) is 0 Å². The van der Waals surface area contributed by atoms with Crippen LogP contribution in [0.15, 0.2) is 36.7 Å². The second-order valence-electron chi connectivity index (χ2n) is 5.08. The van der Waals surface area contributed by atoms with Gasteiger partial charge in [-0.05, 0) is 35.6 Å². The van der Waals surface area contributed by atoms with Gasteiger partial charge in [0.15, 0.2) is 11.4 Å². The molecule has 5 rings (SSSR count). The van der Waals surface area contributed by atoms with E-state index < -0.39 is 0 Å². The summed E-state index contributed by atoms with van der Waals surface area (Å²) in [6.45, 7) is 0.861. The van der Waals surface area contributed by atoms with E-state index in [2.05, 4.69) is 38.3 Å². The lowest BCUT2D eigenvalue weighted by Crippen LogP contribution is -2.30. The third kappa shape index (κ3) is 1.10. The average Bonchev–Trinajstić information content (AvgIpc) is 3.09. The van der Waals surface area contributed by atoms with Gasteiger partial charge in [-0.1, -0.05) is 0 Å². The summed E-state index contributed by atoms with van der Waals surface area (Å²) in [5.74, 6) is 0. The Labute approximate surface area is 119 Å². The lowest BCUT2D eigenvalue weighted by Gasteiger charge is -1.93. The van der Waals surface area contributed by atoms with Gasteiger partial charge in [0.25, 0.3) is 10.5 Å². The predicted molar refractivity (Wildman–Crippen MR) is 78.6 cm³/mol. The zero-order valence-corrected chi connectivity index (χ0v) is 11.7. The molecule has 0 radical (unpaired) electrons. The molecular formula is C15H11N4S+. The smallest absolute Gasteiger partial charge is 0.274 e. The second kappa shape index (κ2) is 3.43. The van der Waals surface area contributed by atoms with Gasteiger partial charge in [0, 0.05) is 19.4 Å². The highest BCUT2D eigenvalue weighted by atomic mass is 32.1. The molecule has 0 saturated carbocycles. The van der Waals surface area contributed by atoms with Crippen molar-refractivity contribution in [1.29, 1.82) is 0 Å². The number of hydrogen-bond donors (Lipinski definition) is 0. The molecule has 4 aromatic rings. The molecular weight excluding hydrogens is 268 g/mol. The first-order valence-electron chi connectivity index (χ1n) is 6.54. The number of pyridine rings is 2. The van der Waals surface area contributed by atoms with Crippen molar-refractivity contribution in [1.82, 2.24) is 14.5 Å². The third-order valence-electron chi connectivity index (χ3n) is 4.00. The molecule has 96 valence electrons. The molecule has 1 aliphatic rings. The van der Waals surface area contributed by atoms with Gasteiger partial charge in [0.05, 0.1) is 10.9 Å². The van der Waals surface area contributed by atoms with Crippen molar-refractivity contribution in [3.63, 3.8) is 0 Å². The van der Waals surface area contributed by atoms with Crippen molar-refractivity contribution in [2.75, 3.05) is 0 Å². The van der Waals surface area contributed by atoms with Crippen LogP contribution in [0.25, 0.3) is 32.0 Å². The quantitative estimate of drug-likeness (QED) is 0.408. The maximum absolute atomic E-state index is 4.51. The van der Waals surface area contributed by atoms with E-state index >= 15 is 0 Å². The summed E-state index contributed by atoms with van der Waals surface area (Å²) in [6.07, 6.45) is 3.73. The summed E-state index contributed by atoms with van der Waals surface area (Å²) in [4.78, 5) is 10.3. The van der Waals surface area contributed by atoms with Crippen LogP contribution < -0.4 is 4.57 Å². The number of hydrogen-bond acceptors (Lipinski definition) is 3. The summed E-state index contributed by atoms with van der Waals surface area (Å²) in [5.41, 5.74) is 4.77. The van der Waals surface area contributed by atoms with Gasteiger partial charge < -0.3 is 4.57 Å². The van der Waals surface area contributed by atoms with Crippen molar-refractivity contribution >= 4 is 32.7 Å². The monoisotopic (exact) mass is 279 g/mol. The lowest BCUT2D eigenvalue weighted by molar-refractivity contribution is -0.641.